The maximum absolute atomic E-state index is 11.2. The summed E-state index contributed by atoms with van der Waals surface area (Å²) in [5.74, 6) is 0. The van der Waals surface area contributed by atoms with Gasteiger partial charge in [0, 0.05) is 28.2 Å². The molecule has 0 heterocycles. The summed E-state index contributed by atoms with van der Waals surface area (Å²) in [6.45, 7) is 5.99. The van der Waals surface area contributed by atoms with Crippen LogP contribution in [0.15, 0.2) is 12.1 Å². The van der Waals surface area contributed by atoms with Gasteiger partial charge < -0.3 is 0 Å². The van der Waals surface area contributed by atoms with Crippen molar-refractivity contribution in [2.24, 2.45) is 0 Å². The molecule has 1 aromatic rings. The van der Waals surface area contributed by atoms with Crippen molar-refractivity contribution in [1.82, 2.24) is 0 Å². The zero-order valence-corrected chi connectivity index (χ0v) is 9.60. The molecule has 0 saturated heterocycles. The van der Waals surface area contributed by atoms with E-state index < -0.39 is 0 Å². The molecule has 0 aliphatic carbocycles. The summed E-state index contributed by atoms with van der Waals surface area (Å²) in [6, 6.07) is 4.04. The van der Waals surface area contributed by atoms with Crippen LogP contribution in [-0.2, 0) is 0 Å². The van der Waals surface area contributed by atoms with Gasteiger partial charge in [0.15, 0.2) is 0 Å². The lowest BCUT2D eigenvalue weighted by Crippen LogP contribution is -1.98. The Hall–Kier alpha value is -0.380. The zero-order valence-electron chi connectivity index (χ0n) is 7.44. The molecular weight excluding hydrogens is 263 g/mol. The van der Waals surface area contributed by atoms with Crippen LogP contribution in [0.4, 0.5) is 0 Å². The minimum absolute atomic E-state index is 0.131. The lowest BCUT2D eigenvalue weighted by Gasteiger charge is -2.07. The number of aryl methyl sites for hydroxylation is 2. The monoisotopic (exact) mass is 274 g/mol. The number of hydrogen-bond donors (Lipinski definition) is 0. The van der Waals surface area contributed by atoms with Gasteiger partial charge in [-0.15, -0.1) is 0 Å². The summed E-state index contributed by atoms with van der Waals surface area (Å²) in [7, 11) is 0. The van der Waals surface area contributed by atoms with Gasteiger partial charge in [0.1, 0.15) is 0 Å². The molecule has 1 aromatic carbocycles. The van der Waals surface area contributed by atoms with E-state index in [9.17, 15) is 4.79 Å². The zero-order chi connectivity index (χ0) is 9.30. The molecule has 0 unspecified atom stereocenters. The highest BCUT2D eigenvalue weighted by molar-refractivity contribution is 14.1. The first-order chi connectivity index (χ1) is 5.54. The molecule has 0 atom stereocenters. The minimum atomic E-state index is 0.131. The molecule has 2 heteroatoms. The number of halogens is 1. The van der Waals surface area contributed by atoms with Gasteiger partial charge in [0.05, 0.1) is 0 Å². The summed E-state index contributed by atoms with van der Waals surface area (Å²) in [4.78, 5) is 11.2. The number of hydrogen-bond acceptors (Lipinski definition) is 1. The van der Waals surface area contributed by atoms with Crippen molar-refractivity contribution >= 4 is 26.4 Å². The third kappa shape index (κ3) is 1.68. The van der Waals surface area contributed by atoms with Gasteiger partial charge in [-0.25, -0.2) is 0 Å². The van der Waals surface area contributed by atoms with Crippen LogP contribution in [0.5, 0.6) is 0 Å². The molecule has 1 nitrogen and oxygen atoms in total. The topological polar surface area (TPSA) is 17.1 Å². The maximum atomic E-state index is 11.2. The first-order valence-electron chi connectivity index (χ1n) is 3.80. The fourth-order valence-corrected chi connectivity index (χ4v) is 2.08. The Morgan fingerprint density at radius 1 is 1.17 bits per heavy atom. The molecular formula is C10H11IO. The number of carbonyl (C=O) groups is 1. The van der Waals surface area contributed by atoms with Gasteiger partial charge in [-0.2, -0.15) is 0 Å². The molecule has 0 N–H and O–H groups in total. The highest BCUT2D eigenvalue weighted by Gasteiger charge is 2.09. The molecule has 0 aliphatic heterocycles. The smallest absolute Gasteiger partial charge is 0.222 e. The van der Waals surface area contributed by atoms with Gasteiger partial charge in [-0.3, -0.25) is 4.79 Å². The lowest BCUT2D eigenvalue weighted by atomic mass is 10.00. The molecule has 0 amide bonds. The molecule has 12 heavy (non-hydrogen) atoms. The average Bonchev–Trinajstić information content (AvgIpc) is 1.97. The van der Waals surface area contributed by atoms with Crippen LogP contribution >= 0.6 is 22.6 Å². The van der Waals surface area contributed by atoms with E-state index in [0.29, 0.717) is 0 Å². The predicted molar refractivity (Wildman–Crippen MR) is 59.0 cm³/mol. The standard InChI is InChI=1S/C10H11IO/c1-6-4-5-7(2)9(8(6)3)10(11)12/h4-5H,1-3H3. The van der Waals surface area contributed by atoms with Crippen LogP contribution in [0.2, 0.25) is 0 Å². The minimum Gasteiger partial charge on any atom is -0.282 e. The van der Waals surface area contributed by atoms with Crippen LogP contribution in [-0.4, -0.2) is 3.79 Å². The quantitative estimate of drug-likeness (QED) is 0.567. The van der Waals surface area contributed by atoms with Crippen molar-refractivity contribution < 1.29 is 4.79 Å². The fourth-order valence-electron chi connectivity index (χ4n) is 1.25. The van der Waals surface area contributed by atoms with Crippen LogP contribution in [0.3, 0.4) is 0 Å². The molecule has 1 rings (SSSR count). The Labute approximate surface area is 86.3 Å². The first kappa shape index (κ1) is 9.71. The molecule has 0 bridgehead atoms. The van der Waals surface area contributed by atoms with E-state index in [0.717, 1.165) is 16.7 Å². The van der Waals surface area contributed by atoms with Crippen LogP contribution in [0, 0.1) is 20.8 Å². The second-order valence-corrected chi connectivity index (χ2v) is 3.95. The van der Waals surface area contributed by atoms with Crippen molar-refractivity contribution in [2.75, 3.05) is 0 Å². The van der Waals surface area contributed by atoms with Gasteiger partial charge in [-0.05, 0) is 37.5 Å². The van der Waals surface area contributed by atoms with E-state index in [1.807, 2.05) is 55.5 Å². The maximum Gasteiger partial charge on any atom is 0.222 e. The SMILES string of the molecule is Cc1ccc(C)c(C(=O)I)c1C. The van der Waals surface area contributed by atoms with Gasteiger partial charge in [-0.1, -0.05) is 12.1 Å². The Balaban J connectivity index is 3.43. The molecule has 0 aromatic heterocycles. The highest BCUT2D eigenvalue weighted by atomic mass is 127. The van der Waals surface area contributed by atoms with Crippen molar-refractivity contribution in [3.8, 4) is 0 Å². The van der Waals surface area contributed by atoms with Crippen LogP contribution in [0.25, 0.3) is 0 Å². The van der Waals surface area contributed by atoms with Crippen molar-refractivity contribution in [3.63, 3.8) is 0 Å². The summed E-state index contributed by atoms with van der Waals surface area (Å²) < 4.78 is 0.131. The molecule has 0 saturated carbocycles. The molecule has 0 spiro atoms. The second kappa shape index (κ2) is 3.56. The third-order valence-corrected chi connectivity index (χ3v) is 2.68. The number of rotatable bonds is 1. The van der Waals surface area contributed by atoms with Crippen molar-refractivity contribution in [1.29, 1.82) is 0 Å². The second-order valence-electron chi connectivity index (χ2n) is 2.97. The summed E-state index contributed by atoms with van der Waals surface area (Å²) >= 11 is 1.84. The van der Waals surface area contributed by atoms with E-state index in [2.05, 4.69) is 0 Å². The summed E-state index contributed by atoms with van der Waals surface area (Å²) in [5.41, 5.74) is 4.23. The molecule has 0 fully saturated rings. The predicted octanol–water partition coefficient (Wildman–Crippen LogP) is 3.19. The van der Waals surface area contributed by atoms with Gasteiger partial charge in [0.2, 0.25) is 3.79 Å². The molecule has 64 valence electrons. The fraction of sp³-hybridized carbons (Fsp3) is 0.300. The van der Waals surface area contributed by atoms with E-state index in [-0.39, 0.29) is 3.79 Å². The Bertz CT molecular complexity index is 329. The van der Waals surface area contributed by atoms with E-state index in [4.69, 9.17) is 0 Å². The normalized spacial score (nSPS) is 10.0. The first-order valence-corrected chi connectivity index (χ1v) is 4.88. The average molecular weight is 274 g/mol. The lowest BCUT2D eigenvalue weighted by molar-refractivity contribution is 0.110. The Morgan fingerprint density at radius 3 is 2.08 bits per heavy atom. The molecule has 0 radical (unpaired) electrons. The largest absolute Gasteiger partial charge is 0.282 e. The van der Waals surface area contributed by atoms with E-state index in [1.165, 1.54) is 5.56 Å². The third-order valence-electron chi connectivity index (χ3n) is 2.14. The van der Waals surface area contributed by atoms with Crippen LogP contribution in [0.1, 0.15) is 27.0 Å². The summed E-state index contributed by atoms with van der Waals surface area (Å²) in [6.07, 6.45) is 0. The van der Waals surface area contributed by atoms with Crippen LogP contribution < -0.4 is 0 Å². The van der Waals surface area contributed by atoms with Gasteiger partial charge in [0.25, 0.3) is 0 Å². The Morgan fingerprint density at radius 2 is 1.67 bits per heavy atom. The number of benzene rings is 1. The van der Waals surface area contributed by atoms with E-state index >= 15 is 0 Å². The van der Waals surface area contributed by atoms with E-state index in [1.54, 1.807) is 0 Å². The highest BCUT2D eigenvalue weighted by Crippen LogP contribution is 2.20. The summed E-state index contributed by atoms with van der Waals surface area (Å²) in [5, 5.41) is 0. The number of carbonyl (C=O) groups excluding carboxylic acids is 1. The van der Waals surface area contributed by atoms with Crippen molar-refractivity contribution in [3.05, 3.63) is 34.4 Å². The van der Waals surface area contributed by atoms with Gasteiger partial charge >= 0.3 is 0 Å². The Kier molecular flexibility index (Phi) is 2.88. The molecule has 0 aliphatic rings. The van der Waals surface area contributed by atoms with Crippen molar-refractivity contribution in [2.45, 2.75) is 20.8 Å².